The number of benzene rings is 1. The van der Waals surface area contributed by atoms with Gasteiger partial charge in [-0.15, -0.1) is 0 Å². The van der Waals surface area contributed by atoms with Gasteiger partial charge >= 0.3 is 0 Å². The van der Waals surface area contributed by atoms with Crippen LogP contribution in [0.25, 0.3) is 11.0 Å². The highest BCUT2D eigenvalue weighted by molar-refractivity contribution is 5.90. The fraction of sp³-hybridized carbons (Fsp3) is 0.421. The summed E-state index contributed by atoms with van der Waals surface area (Å²) in [6.45, 7) is 5.65. The zero-order valence-corrected chi connectivity index (χ0v) is 14.6. The van der Waals surface area contributed by atoms with Gasteiger partial charge in [0, 0.05) is 30.0 Å². The molecule has 25 heavy (non-hydrogen) atoms. The number of nitrogens with zero attached hydrogens (tertiary/aromatic N) is 3. The Bertz CT molecular complexity index is 890. The lowest BCUT2D eigenvalue weighted by Gasteiger charge is -2.31. The minimum atomic E-state index is 0.165. The molecule has 1 N–H and O–H groups in total. The van der Waals surface area contributed by atoms with E-state index in [2.05, 4.69) is 35.1 Å². The van der Waals surface area contributed by atoms with Crippen LogP contribution in [-0.2, 0) is 11.2 Å². The fourth-order valence-electron chi connectivity index (χ4n) is 3.85. The Morgan fingerprint density at radius 3 is 2.84 bits per heavy atom. The van der Waals surface area contributed by atoms with Gasteiger partial charge in [0.1, 0.15) is 17.7 Å². The van der Waals surface area contributed by atoms with Gasteiger partial charge in [0.05, 0.1) is 12.7 Å². The van der Waals surface area contributed by atoms with E-state index in [0.29, 0.717) is 12.3 Å². The number of fused-ring (bicyclic) bond motifs is 1. The van der Waals surface area contributed by atoms with Gasteiger partial charge in [-0.05, 0) is 43.9 Å². The van der Waals surface area contributed by atoms with E-state index < -0.39 is 0 Å². The summed E-state index contributed by atoms with van der Waals surface area (Å²) in [5.74, 6) is 1.46. The minimum absolute atomic E-state index is 0.165. The molecule has 1 aliphatic heterocycles. The molecule has 130 valence electrons. The molecule has 2 aromatic heterocycles. The van der Waals surface area contributed by atoms with Crippen molar-refractivity contribution in [1.29, 1.82) is 0 Å². The number of hydrogen-bond donors (Lipinski definition) is 1. The third kappa shape index (κ3) is 3.04. The van der Waals surface area contributed by atoms with Crippen LogP contribution < -0.4 is 0 Å². The summed E-state index contributed by atoms with van der Waals surface area (Å²) in [6, 6.07) is 4.16. The molecule has 1 fully saturated rings. The number of likely N-dealkylation sites (tertiary alicyclic amines) is 1. The molecule has 6 heteroatoms. The Kier molecular flexibility index (Phi) is 4.03. The summed E-state index contributed by atoms with van der Waals surface area (Å²) in [7, 11) is 0. The molecule has 0 aliphatic carbocycles. The maximum absolute atomic E-state index is 12.7. The van der Waals surface area contributed by atoms with Crippen molar-refractivity contribution in [3.05, 3.63) is 47.2 Å². The van der Waals surface area contributed by atoms with Crippen LogP contribution in [0.5, 0.6) is 0 Å². The molecule has 6 nitrogen and oxygen atoms in total. The molecule has 1 saturated heterocycles. The molecule has 0 atom stereocenters. The molecule has 4 rings (SSSR count). The van der Waals surface area contributed by atoms with Gasteiger partial charge in [0.15, 0.2) is 0 Å². The molecular weight excluding hydrogens is 316 g/mol. The SMILES string of the molecule is Cc1cc(C)c2c(CC(=O)N3CCC(c4ncn[nH]4)CC3)coc2c1. The number of furan rings is 1. The van der Waals surface area contributed by atoms with E-state index in [1.165, 1.54) is 5.56 Å². The first-order chi connectivity index (χ1) is 12.1. The first-order valence-electron chi connectivity index (χ1n) is 8.72. The first kappa shape index (κ1) is 15.9. The third-order valence-corrected chi connectivity index (χ3v) is 5.10. The molecule has 0 saturated carbocycles. The third-order valence-electron chi connectivity index (χ3n) is 5.10. The quantitative estimate of drug-likeness (QED) is 0.796. The second kappa shape index (κ2) is 6.35. The fourth-order valence-corrected chi connectivity index (χ4v) is 3.85. The maximum atomic E-state index is 12.7. The van der Waals surface area contributed by atoms with Gasteiger partial charge in [-0.2, -0.15) is 5.10 Å². The Morgan fingerprint density at radius 1 is 1.32 bits per heavy atom. The summed E-state index contributed by atoms with van der Waals surface area (Å²) in [4.78, 5) is 18.9. The Hall–Kier alpha value is -2.63. The highest BCUT2D eigenvalue weighted by atomic mass is 16.3. The van der Waals surface area contributed by atoms with Crippen molar-refractivity contribution in [2.24, 2.45) is 0 Å². The number of nitrogens with one attached hydrogen (secondary N) is 1. The van der Waals surface area contributed by atoms with Crippen LogP contribution in [-0.4, -0.2) is 39.1 Å². The number of aromatic nitrogens is 3. The van der Waals surface area contributed by atoms with Crippen molar-refractivity contribution >= 4 is 16.9 Å². The number of H-pyrrole nitrogens is 1. The number of amides is 1. The zero-order chi connectivity index (χ0) is 17.4. The van der Waals surface area contributed by atoms with Crippen LogP contribution >= 0.6 is 0 Å². The van der Waals surface area contributed by atoms with E-state index in [0.717, 1.165) is 53.9 Å². The monoisotopic (exact) mass is 338 g/mol. The van der Waals surface area contributed by atoms with Crippen molar-refractivity contribution in [2.75, 3.05) is 13.1 Å². The van der Waals surface area contributed by atoms with E-state index >= 15 is 0 Å². The summed E-state index contributed by atoms with van der Waals surface area (Å²) < 4.78 is 5.67. The van der Waals surface area contributed by atoms with Gasteiger partial charge < -0.3 is 9.32 Å². The van der Waals surface area contributed by atoms with Crippen molar-refractivity contribution in [3.63, 3.8) is 0 Å². The highest BCUT2D eigenvalue weighted by Crippen LogP contribution is 2.28. The molecular formula is C19H22N4O2. The molecule has 0 radical (unpaired) electrons. The lowest BCUT2D eigenvalue weighted by atomic mass is 9.95. The molecule has 1 amide bonds. The predicted octanol–water partition coefficient (Wildman–Crippen LogP) is 3.12. The molecule has 3 heterocycles. The molecule has 1 aromatic carbocycles. The zero-order valence-electron chi connectivity index (χ0n) is 14.6. The predicted molar refractivity (Wildman–Crippen MR) is 94.3 cm³/mol. The van der Waals surface area contributed by atoms with Gasteiger partial charge in [-0.1, -0.05) is 6.07 Å². The van der Waals surface area contributed by atoms with Gasteiger partial charge in [-0.25, -0.2) is 4.98 Å². The number of aromatic amines is 1. The number of carbonyl (C=O) groups excluding carboxylic acids is 1. The molecule has 0 spiro atoms. The Balaban J connectivity index is 1.45. The van der Waals surface area contributed by atoms with Crippen molar-refractivity contribution < 1.29 is 9.21 Å². The summed E-state index contributed by atoms with van der Waals surface area (Å²) in [6.07, 6.45) is 5.51. The number of rotatable bonds is 3. The van der Waals surface area contributed by atoms with Crippen LogP contribution in [0.2, 0.25) is 0 Å². The van der Waals surface area contributed by atoms with Crippen LogP contribution in [0.15, 0.2) is 29.1 Å². The second-order valence-electron chi connectivity index (χ2n) is 6.92. The standard InChI is InChI=1S/C19H22N4O2/c1-12-7-13(2)18-15(10-25-16(18)8-12)9-17(24)23-5-3-14(4-6-23)19-20-11-21-22-19/h7-8,10-11,14H,3-6,9H2,1-2H3,(H,20,21,22). The largest absolute Gasteiger partial charge is 0.464 e. The van der Waals surface area contributed by atoms with Crippen LogP contribution in [0, 0.1) is 13.8 Å². The molecule has 0 bridgehead atoms. The Morgan fingerprint density at radius 2 is 2.12 bits per heavy atom. The molecule has 1 aliphatic rings. The van der Waals surface area contributed by atoms with Gasteiger partial charge in [0.25, 0.3) is 0 Å². The molecule has 3 aromatic rings. The topological polar surface area (TPSA) is 75.0 Å². The number of piperidine rings is 1. The Labute approximate surface area is 146 Å². The van der Waals surface area contributed by atoms with E-state index in [9.17, 15) is 4.79 Å². The minimum Gasteiger partial charge on any atom is -0.464 e. The second-order valence-corrected chi connectivity index (χ2v) is 6.92. The van der Waals surface area contributed by atoms with Crippen LogP contribution in [0.3, 0.4) is 0 Å². The van der Waals surface area contributed by atoms with E-state index in [4.69, 9.17) is 4.42 Å². The van der Waals surface area contributed by atoms with Crippen molar-refractivity contribution in [3.8, 4) is 0 Å². The highest BCUT2D eigenvalue weighted by Gasteiger charge is 2.26. The molecule has 0 unspecified atom stereocenters. The summed E-state index contributed by atoms with van der Waals surface area (Å²) in [5, 5.41) is 7.94. The van der Waals surface area contributed by atoms with Crippen LogP contribution in [0.1, 0.15) is 41.3 Å². The van der Waals surface area contributed by atoms with Crippen molar-refractivity contribution in [1.82, 2.24) is 20.1 Å². The smallest absolute Gasteiger partial charge is 0.227 e. The lowest BCUT2D eigenvalue weighted by molar-refractivity contribution is -0.131. The average Bonchev–Trinajstić information content (AvgIpc) is 3.25. The van der Waals surface area contributed by atoms with Crippen molar-refractivity contribution in [2.45, 2.75) is 39.0 Å². The summed E-state index contributed by atoms with van der Waals surface area (Å²) in [5.41, 5.74) is 4.18. The average molecular weight is 338 g/mol. The number of hydrogen-bond acceptors (Lipinski definition) is 4. The van der Waals surface area contributed by atoms with Gasteiger partial charge in [0.2, 0.25) is 5.91 Å². The number of carbonyl (C=O) groups is 1. The first-order valence-corrected chi connectivity index (χ1v) is 8.72. The van der Waals surface area contributed by atoms with Crippen LogP contribution in [0.4, 0.5) is 0 Å². The normalized spacial score (nSPS) is 15.8. The van der Waals surface area contributed by atoms with E-state index in [1.807, 2.05) is 11.0 Å². The summed E-state index contributed by atoms with van der Waals surface area (Å²) >= 11 is 0. The number of aryl methyl sites for hydroxylation is 2. The van der Waals surface area contributed by atoms with Gasteiger partial charge in [-0.3, -0.25) is 9.89 Å². The lowest BCUT2D eigenvalue weighted by Crippen LogP contribution is -2.39. The maximum Gasteiger partial charge on any atom is 0.227 e. The van der Waals surface area contributed by atoms with E-state index in [1.54, 1.807) is 12.6 Å². The van der Waals surface area contributed by atoms with E-state index in [-0.39, 0.29) is 5.91 Å².